The zero-order valence-corrected chi connectivity index (χ0v) is 13.2. The first kappa shape index (κ1) is 15.1. The molecule has 2 aromatic rings. The van der Waals surface area contributed by atoms with Gasteiger partial charge in [0.2, 0.25) is 0 Å². The molecular weight excluding hydrogens is 264 g/mol. The number of aromatic nitrogens is 2. The monoisotopic (exact) mass is 286 g/mol. The van der Waals surface area contributed by atoms with E-state index in [0.717, 1.165) is 16.8 Å². The van der Waals surface area contributed by atoms with E-state index in [1.54, 1.807) is 11.6 Å². The van der Waals surface area contributed by atoms with Crippen molar-refractivity contribution in [3.63, 3.8) is 0 Å². The molecule has 1 aromatic heterocycles. The third-order valence-corrected chi connectivity index (χ3v) is 3.60. The zero-order chi connectivity index (χ0) is 15.7. The number of nitrogens with zero attached hydrogens (tertiary/aromatic N) is 2. The summed E-state index contributed by atoms with van der Waals surface area (Å²) in [5.74, 6) is -0.218. The predicted molar refractivity (Wildman–Crippen MR) is 85.7 cm³/mol. The highest BCUT2D eigenvalue weighted by Gasteiger charge is 2.20. The van der Waals surface area contributed by atoms with Gasteiger partial charge in [-0.2, -0.15) is 5.10 Å². The molecule has 1 amide bonds. The van der Waals surface area contributed by atoms with Crippen LogP contribution in [0.1, 0.15) is 39.8 Å². The summed E-state index contributed by atoms with van der Waals surface area (Å²) in [6.07, 6.45) is 0. The Hall–Kier alpha value is -2.30. The summed E-state index contributed by atoms with van der Waals surface area (Å²) in [6, 6.07) is 4.10. The largest absolute Gasteiger partial charge is 0.395 e. The number of nitrogen functional groups attached to an aromatic ring is 1. The maximum absolute atomic E-state index is 12.6. The molecule has 112 valence electrons. The van der Waals surface area contributed by atoms with Crippen LogP contribution in [0.5, 0.6) is 0 Å². The van der Waals surface area contributed by atoms with Crippen LogP contribution in [0.15, 0.2) is 12.1 Å². The van der Waals surface area contributed by atoms with Crippen molar-refractivity contribution in [1.29, 1.82) is 0 Å². The van der Waals surface area contributed by atoms with Gasteiger partial charge in [0.25, 0.3) is 5.91 Å². The number of amides is 1. The molecular formula is C16H22N4O. The minimum Gasteiger partial charge on any atom is -0.395 e. The lowest BCUT2D eigenvalue weighted by Gasteiger charge is -2.13. The third-order valence-electron chi connectivity index (χ3n) is 3.60. The van der Waals surface area contributed by atoms with Crippen molar-refractivity contribution in [2.75, 3.05) is 11.1 Å². The van der Waals surface area contributed by atoms with Gasteiger partial charge in [-0.15, -0.1) is 0 Å². The predicted octanol–water partition coefficient (Wildman–Crippen LogP) is 2.97. The molecule has 1 heterocycles. The van der Waals surface area contributed by atoms with Gasteiger partial charge in [-0.3, -0.25) is 9.48 Å². The van der Waals surface area contributed by atoms with Crippen molar-refractivity contribution < 1.29 is 4.79 Å². The Morgan fingerprint density at radius 1 is 1.24 bits per heavy atom. The summed E-state index contributed by atoms with van der Waals surface area (Å²) in [5.41, 5.74) is 11.6. The average molecular weight is 286 g/mol. The lowest BCUT2D eigenvalue weighted by atomic mass is 10.0. The quantitative estimate of drug-likeness (QED) is 0.911. The molecule has 5 heteroatoms. The van der Waals surface area contributed by atoms with E-state index in [9.17, 15) is 4.79 Å². The molecule has 0 fully saturated rings. The van der Waals surface area contributed by atoms with E-state index in [1.807, 2.05) is 39.8 Å². The minimum absolute atomic E-state index is 0.218. The first-order valence-corrected chi connectivity index (χ1v) is 7.07. The molecule has 0 radical (unpaired) electrons. The van der Waals surface area contributed by atoms with Gasteiger partial charge >= 0.3 is 0 Å². The maximum atomic E-state index is 12.6. The van der Waals surface area contributed by atoms with Crippen molar-refractivity contribution in [2.45, 2.75) is 41.2 Å². The SMILES string of the molecule is CCn1nc(C)c(N)c1C(=O)Nc1c(C)cc(C)cc1C. The van der Waals surface area contributed by atoms with E-state index < -0.39 is 0 Å². The molecule has 0 saturated heterocycles. The van der Waals surface area contributed by atoms with Gasteiger partial charge in [0, 0.05) is 12.2 Å². The second-order valence-corrected chi connectivity index (χ2v) is 5.39. The smallest absolute Gasteiger partial charge is 0.276 e. The van der Waals surface area contributed by atoms with Gasteiger partial charge in [-0.1, -0.05) is 17.7 Å². The van der Waals surface area contributed by atoms with Crippen molar-refractivity contribution in [3.8, 4) is 0 Å². The highest BCUT2D eigenvalue weighted by molar-refractivity contribution is 6.07. The Bertz CT molecular complexity index is 678. The Morgan fingerprint density at radius 2 is 1.81 bits per heavy atom. The van der Waals surface area contributed by atoms with E-state index in [0.29, 0.717) is 23.6 Å². The molecule has 3 N–H and O–H groups in total. The summed E-state index contributed by atoms with van der Waals surface area (Å²) >= 11 is 0. The summed E-state index contributed by atoms with van der Waals surface area (Å²) < 4.78 is 1.64. The Labute approximate surface area is 125 Å². The lowest BCUT2D eigenvalue weighted by molar-refractivity contribution is 0.101. The van der Waals surface area contributed by atoms with Gasteiger partial charge < -0.3 is 11.1 Å². The number of carbonyl (C=O) groups excluding carboxylic acids is 1. The van der Waals surface area contributed by atoms with Gasteiger partial charge in [0.15, 0.2) is 0 Å². The van der Waals surface area contributed by atoms with Crippen LogP contribution in [0.25, 0.3) is 0 Å². The number of rotatable bonds is 3. The van der Waals surface area contributed by atoms with E-state index >= 15 is 0 Å². The van der Waals surface area contributed by atoms with Gasteiger partial charge in [0.05, 0.1) is 11.4 Å². The molecule has 0 spiro atoms. The molecule has 0 bridgehead atoms. The number of benzene rings is 1. The molecule has 21 heavy (non-hydrogen) atoms. The van der Waals surface area contributed by atoms with Crippen molar-refractivity contribution in [3.05, 3.63) is 40.2 Å². The number of nitrogens with two attached hydrogens (primary N) is 1. The second kappa shape index (κ2) is 5.60. The van der Waals surface area contributed by atoms with Crippen LogP contribution in [0.3, 0.4) is 0 Å². The first-order valence-electron chi connectivity index (χ1n) is 7.07. The van der Waals surface area contributed by atoms with Gasteiger partial charge in [0.1, 0.15) is 5.69 Å². The molecule has 0 aliphatic rings. The molecule has 2 rings (SSSR count). The van der Waals surface area contributed by atoms with Crippen molar-refractivity contribution in [2.24, 2.45) is 0 Å². The fraction of sp³-hybridized carbons (Fsp3) is 0.375. The van der Waals surface area contributed by atoms with Gasteiger partial charge in [-0.25, -0.2) is 0 Å². The number of carbonyl (C=O) groups is 1. The zero-order valence-electron chi connectivity index (χ0n) is 13.2. The third kappa shape index (κ3) is 2.77. The molecule has 0 unspecified atom stereocenters. The number of nitrogens with one attached hydrogen (secondary N) is 1. The van der Waals surface area contributed by atoms with Crippen molar-refractivity contribution in [1.82, 2.24) is 9.78 Å². The van der Waals surface area contributed by atoms with Crippen LogP contribution >= 0.6 is 0 Å². The Balaban J connectivity index is 2.40. The number of aryl methyl sites for hydroxylation is 5. The standard InChI is InChI=1S/C16H22N4O/c1-6-20-15(13(17)12(5)19-20)16(21)18-14-10(3)7-9(2)8-11(14)4/h7-8H,6,17H2,1-5H3,(H,18,21). The summed E-state index contributed by atoms with van der Waals surface area (Å²) in [5, 5.41) is 7.25. The summed E-state index contributed by atoms with van der Waals surface area (Å²) in [6.45, 7) is 10.4. The fourth-order valence-electron chi connectivity index (χ4n) is 2.61. The normalized spacial score (nSPS) is 10.7. The number of hydrogen-bond acceptors (Lipinski definition) is 3. The number of hydrogen-bond donors (Lipinski definition) is 2. The molecule has 1 aromatic carbocycles. The van der Waals surface area contributed by atoms with E-state index in [-0.39, 0.29) is 5.91 Å². The van der Waals surface area contributed by atoms with Crippen LogP contribution in [-0.4, -0.2) is 15.7 Å². The molecule has 5 nitrogen and oxygen atoms in total. The highest BCUT2D eigenvalue weighted by atomic mass is 16.2. The van der Waals surface area contributed by atoms with Crippen LogP contribution in [0, 0.1) is 27.7 Å². The molecule has 0 aliphatic heterocycles. The molecule has 0 saturated carbocycles. The summed E-state index contributed by atoms with van der Waals surface area (Å²) in [4.78, 5) is 12.6. The topological polar surface area (TPSA) is 72.9 Å². The Morgan fingerprint density at radius 3 is 2.33 bits per heavy atom. The van der Waals surface area contributed by atoms with E-state index in [4.69, 9.17) is 5.73 Å². The van der Waals surface area contributed by atoms with E-state index in [1.165, 1.54) is 5.56 Å². The number of anilines is 2. The Kier molecular flexibility index (Phi) is 4.02. The second-order valence-electron chi connectivity index (χ2n) is 5.39. The lowest BCUT2D eigenvalue weighted by Crippen LogP contribution is -2.20. The average Bonchev–Trinajstić information content (AvgIpc) is 2.69. The molecule has 0 aliphatic carbocycles. The molecule has 0 atom stereocenters. The minimum atomic E-state index is -0.218. The van der Waals surface area contributed by atoms with Crippen LogP contribution in [-0.2, 0) is 6.54 Å². The van der Waals surface area contributed by atoms with Crippen LogP contribution < -0.4 is 11.1 Å². The van der Waals surface area contributed by atoms with E-state index in [2.05, 4.69) is 10.4 Å². The summed E-state index contributed by atoms with van der Waals surface area (Å²) in [7, 11) is 0. The van der Waals surface area contributed by atoms with Crippen LogP contribution in [0.2, 0.25) is 0 Å². The fourth-order valence-corrected chi connectivity index (χ4v) is 2.61. The highest BCUT2D eigenvalue weighted by Crippen LogP contribution is 2.24. The van der Waals surface area contributed by atoms with Crippen molar-refractivity contribution >= 4 is 17.3 Å². The first-order chi connectivity index (χ1) is 9.85. The maximum Gasteiger partial charge on any atom is 0.276 e. The van der Waals surface area contributed by atoms with Gasteiger partial charge in [-0.05, 0) is 45.7 Å². The van der Waals surface area contributed by atoms with Crippen LogP contribution in [0.4, 0.5) is 11.4 Å².